The lowest BCUT2D eigenvalue weighted by Crippen LogP contribution is -2.41. The van der Waals surface area contributed by atoms with Crippen LogP contribution in [0.2, 0.25) is 0 Å². The summed E-state index contributed by atoms with van der Waals surface area (Å²) < 4.78 is 0. The Morgan fingerprint density at radius 1 is 1.36 bits per heavy atom. The molecule has 0 amide bonds. The molecule has 0 aromatic carbocycles. The maximum atomic E-state index is 4.64. The van der Waals surface area contributed by atoms with Gasteiger partial charge in [0.2, 0.25) is 0 Å². The van der Waals surface area contributed by atoms with Crippen molar-refractivity contribution >= 4 is 41.3 Å². The van der Waals surface area contributed by atoms with E-state index in [1.54, 1.807) is 11.3 Å². The molecule has 1 saturated carbocycles. The minimum Gasteiger partial charge on any atom is -0.356 e. The van der Waals surface area contributed by atoms with E-state index in [0.29, 0.717) is 11.3 Å². The summed E-state index contributed by atoms with van der Waals surface area (Å²) in [5.74, 6) is 1.37. The molecule has 22 heavy (non-hydrogen) atoms. The second kappa shape index (κ2) is 9.05. The van der Waals surface area contributed by atoms with Crippen molar-refractivity contribution < 1.29 is 0 Å². The Hall–Kier alpha value is -0.370. The quantitative estimate of drug-likeness (QED) is 0.415. The van der Waals surface area contributed by atoms with Gasteiger partial charge in [-0.3, -0.25) is 4.99 Å². The molecule has 2 N–H and O–H groups in total. The van der Waals surface area contributed by atoms with Crippen LogP contribution in [0.5, 0.6) is 0 Å². The third kappa shape index (κ3) is 5.68. The van der Waals surface area contributed by atoms with Gasteiger partial charge < -0.3 is 10.6 Å². The van der Waals surface area contributed by atoms with E-state index in [-0.39, 0.29) is 24.0 Å². The number of hydrogen-bond acceptors (Lipinski definition) is 3. The third-order valence-electron chi connectivity index (χ3n) is 4.28. The molecular weight excluding hydrogens is 407 g/mol. The zero-order valence-electron chi connectivity index (χ0n) is 14.1. The van der Waals surface area contributed by atoms with Crippen LogP contribution in [0.3, 0.4) is 0 Å². The van der Waals surface area contributed by atoms with Crippen LogP contribution in [0.4, 0.5) is 0 Å². The molecule has 126 valence electrons. The first-order chi connectivity index (χ1) is 10.0. The number of nitrogens with one attached hydrogen (secondary N) is 2. The van der Waals surface area contributed by atoms with E-state index in [0.717, 1.165) is 24.1 Å². The van der Waals surface area contributed by atoms with Gasteiger partial charge in [0.15, 0.2) is 5.96 Å². The van der Waals surface area contributed by atoms with Crippen molar-refractivity contribution in [3.8, 4) is 0 Å². The molecule has 1 aliphatic rings. The summed E-state index contributed by atoms with van der Waals surface area (Å²) in [6.07, 6.45) is 5.37. The number of rotatable bonds is 5. The molecular formula is C16H29IN4S. The summed E-state index contributed by atoms with van der Waals surface area (Å²) >= 11 is 1.72. The van der Waals surface area contributed by atoms with E-state index in [4.69, 9.17) is 0 Å². The molecule has 1 aromatic heterocycles. The Labute approximate surface area is 155 Å². The van der Waals surface area contributed by atoms with Crippen molar-refractivity contribution in [2.75, 3.05) is 13.6 Å². The molecule has 4 nitrogen and oxygen atoms in total. The van der Waals surface area contributed by atoms with Crippen molar-refractivity contribution in [2.45, 2.75) is 58.9 Å². The minimum atomic E-state index is 0. The van der Waals surface area contributed by atoms with Gasteiger partial charge in [-0.2, -0.15) is 0 Å². The van der Waals surface area contributed by atoms with Crippen molar-refractivity contribution in [3.63, 3.8) is 0 Å². The van der Waals surface area contributed by atoms with E-state index in [2.05, 4.69) is 46.8 Å². The first kappa shape index (κ1) is 19.7. The molecule has 0 aliphatic heterocycles. The minimum absolute atomic E-state index is 0. The molecule has 6 heteroatoms. The van der Waals surface area contributed by atoms with Crippen molar-refractivity contribution in [1.82, 2.24) is 15.6 Å². The highest BCUT2D eigenvalue weighted by molar-refractivity contribution is 14.0. The zero-order valence-corrected chi connectivity index (χ0v) is 17.3. The topological polar surface area (TPSA) is 49.3 Å². The van der Waals surface area contributed by atoms with Crippen LogP contribution in [-0.2, 0) is 6.54 Å². The van der Waals surface area contributed by atoms with Gasteiger partial charge in [0.1, 0.15) is 5.01 Å². The van der Waals surface area contributed by atoms with E-state index in [9.17, 15) is 0 Å². The molecule has 0 saturated heterocycles. The third-order valence-corrected chi connectivity index (χ3v) is 5.15. The largest absolute Gasteiger partial charge is 0.356 e. The molecule has 0 bridgehead atoms. The number of aromatic nitrogens is 1. The van der Waals surface area contributed by atoms with Crippen molar-refractivity contribution in [2.24, 2.45) is 10.4 Å². The fraction of sp³-hybridized carbons (Fsp3) is 0.750. The van der Waals surface area contributed by atoms with E-state index in [1.165, 1.54) is 31.4 Å². The van der Waals surface area contributed by atoms with Gasteiger partial charge in [0.05, 0.1) is 12.2 Å². The summed E-state index contributed by atoms with van der Waals surface area (Å²) in [5.41, 5.74) is 1.61. The standard InChI is InChI=1S/C16H28N4S.HI/c1-12(2)13-10-21-14(20-13)9-18-15(17-4)19-11-16(3)7-5-6-8-16;/h10,12H,5-9,11H2,1-4H3,(H2,17,18,19);1H. The van der Waals surface area contributed by atoms with Gasteiger partial charge in [0, 0.05) is 19.0 Å². The smallest absolute Gasteiger partial charge is 0.191 e. The number of guanidine groups is 1. The zero-order chi connectivity index (χ0) is 15.3. The van der Waals surface area contributed by atoms with Crippen molar-refractivity contribution in [3.05, 3.63) is 16.1 Å². The molecule has 1 fully saturated rings. The first-order valence-corrected chi connectivity index (χ1v) is 8.79. The van der Waals surface area contributed by atoms with E-state index >= 15 is 0 Å². The highest BCUT2D eigenvalue weighted by Gasteiger charge is 2.28. The monoisotopic (exact) mass is 436 g/mol. The number of aliphatic imine (C=N–C) groups is 1. The fourth-order valence-corrected chi connectivity index (χ4v) is 3.65. The van der Waals surface area contributed by atoms with Crippen LogP contribution in [-0.4, -0.2) is 24.5 Å². The molecule has 1 aliphatic carbocycles. The molecule has 0 spiro atoms. The summed E-state index contributed by atoms with van der Waals surface area (Å²) in [5, 5.41) is 10.1. The summed E-state index contributed by atoms with van der Waals surface area (Å²) in [6, 6.07) is 0. The lowest BCUT2D eigenvalue weighted by molar-refractivity contribution is 0.334. The fourth-order valence-electron chi connectivity index (χ4n) is 2.75. The van der Waals surface area contributed by atoms with Gasteiger partial charge >= 0.3 is 0 Å². The maximum absolute atomic E-state index is 4.64. The van der Waals surface area contributed by atoms with Gasteiger partial charge in [0.25, 0.3) is 0 Å². The molecule has 2 rings (SSSR count). The van der Waals surface area contributed by atoms with Crippen LogP contribution in [0.25, 0.3) is 0 Å². The number of nitrogens with zero attached hydrogens (tertiary/aromatic N) is 2. The molecule has 0 unspecified atom stereocenters. The molecule has 0 atom stereocenters. The van der Waals surface area contributed by atoms with Gasteiger partial charge in [-0.25, -0.2) is 4.98 Å². The van der Waals surface area contributed by atoms with Gasteiger partial charge in [-0.15, -0.1) is 35.3 Å². The number of halogens is 1. The Balaban J connectivity index is 0.00000242. The second-order valence-electron chi connectivity index (χ2n) is 6.62. The van der Waals surface area contributed by atoms with E-state index in [1.807, 2.05) is 7.05 Å². The normalized spacial score (nSPS) is 17.4. The van der Waals surface area contributed by atoms with Crippen LogP contribution < -0.4 is 10.6 Å². The highest BCUT2D eigenvalue weighted by Crippen LogP contribution is 2.36. The summed E-state index contributed by atoms with van der Waals surface area (Å²) in [6.45, 7) is 8.47. The average Bonchev–Trinajstić information content (AvgIpc) is 3.08. The van der Waals surface area contributed by atoms with Crippen LogP contribution in [0.1, 0.15) is 63.1 Å². The second-order valence-corrected chi connectivity index (χ2v) is 7.56. The predicted molar refractivity (Wildman–Crippen MR) is 106 cm³/mol. The number of hydrogen-bond donors (Lipinski definition) is 2. The molecule has 1 aromatic rings. The van der Waals surface area contributed by atoms with Crippen LogP contribution in [0.15, 0.2) is 10.4 Å². The summed E-state index contributed by atoms with van der Waals surface area (Å²) in [7, 11) is 1.83. The number of thiazole rings is 1. The molecule has 1 heterocycles. The highest BCUT2D eigenvalue weighted by atomic mass is 127. The van der Waals surface area contributed by atoms with Crippen LogP contribution in [0, 0.1) is 5.41 Å². The Kier molecular flexibility index (Phi) is 8.10. The Bertz CT molecular complexity index is 478. The van der Waals surface area contributed by atoms with Crippen LogP contribution >= 0.6 is 35.3 Å². The SMILES string of the molecule is CN=C(NCc1nc(C(C)C)cs1)NCC1(C)CCCC1.I. The van der Waals surface area contributed by atoms with E-state index < -0.39 is 0 Å². The van der Waals surface area contributed by atoms with Crippen molar-refractivity contribution in [1.29, 1.82) is 0 Å². The Morgan fingerprint density at radius 3 is 2.59 bits per heavy atom. The lowest BCUT2D eigenvalue weighted by atomic mass is 9.89. The first-order valence-electron chi connectivity index (χ1n) is 7.91. The van der Waals surface area contributed by atoms with Gasteiger partial charge in [-0.1, -0.05) is 33.6 Å². The predicted octanol–water partition coefficient (Wildman–Crippen LogP) is 4.13. The Morgan fingerprint density at radius 2 is 2.05 bits per heavy atom. The summed E-state index contributed by atoms with van der Waals surface area (Å²) in [4.78, 5) is 8.95. The lowest BCUT2D eigenvalue weighted by Gasteiger charge is -2.25. The molecule has 0 radical (unpaired) electrons. The average molecular weight is 436 g/mol. The maximum Gasteiger partial charge on any atom is 0.191 e. The van der Waals surface area contributed by atoms with Gasteiger partial charge in [-0.05, 0) is 24.2 Å².